The smallest absolute Gasteiger partial charge is 0.370 e. The molecular formula is C18H25F3N2. The summed E-state index contributed by atoms with van der Waals surface area (Å²) < 4.78 is 39.3. The van der Waals surface area contributed by atoms with Gasteiger partial charge in [-0.1, -0.05) is 12.5 Å². The number of benzene rings is 1. The Morgan fingerprint density at radius 1 is 1.09 bits per heavy atom. The predicted molar refractivity (Wildman–Crippen MR) is 86.8 cm³/mol. The van der Waals surface area contributed by atoms with Crippen molar-refractivity contribution in [2.75, 3.05) is 24.5 Å². The molecule has 23 heavy (non-hydrogen) atoms. The third kappa shape index (κ3) is 3.49. The van der Waals surface area contributed by atoms with Crippen molar-refractivity contribution in [3.05, 3.63) is 29.3 Å². The number of halogens is 3. The molecule has 0 aromatic heterocycles. The van der Waals surface area contributed by atoms with Crippen LogP contribution >= 0.6 is 0 Å². The molecule has 2 fully saturated rings. The largest absolute Gasteiger partial charge is 0.416 e. The predicted octanol–water partition coefficient (Wildman–Crippen LogP) is 4.47. The number of aryl methyl sites for hydroxylation is 1. The van der Waals surface area contributed by atoms with Crippen LogP contribution in [0, 0.1) is 6.92 Å². The highest BCUT2D eigenvalue weighted by atomic mass is 19.4. The zero-order chi connectivity index (χ0) is 16.6. The van der Waals surface area contributed by atoms with E-state index in [1.165, 1.54) is 32.3 Å². The minimum absolute atomic E-state index is 0.293. The van der Waals surface area contributed by atoms with E-state index in [2.05, 4.69) is 16.7 Å². The SMILES string of the molecule is Cc1ccc(N2CC[C@H](N3CCCC[C@@H]3C)C2)cc1C(F)(F)F. The van der Waals surface area contributed by atoms with Crippen LogP contribution in [0.5, 0.6) is 0 Å². The van der Waals surface area contributed by atoms with Crippen molar-refractivity contribution >= 4 is 5.69 Å². The van der Waals surface area contributed by atoms with Gasteiger partial charge in [-0.05, 0) is 57.4 Å². The second-order valence-electron chi connectivity index (χ2n) is 6.97. The van der Waals surface area contributed by atoms with Crippen molar-refractivity contribution in [1.82, 2.24) is 4.90 Å². The summed E-state index contributed by atoms with van der Waals surface area (Å²) in [6.07, 6.45) is 0.532. The van der Waals surface area contributed by atoms with E-state index in [-0.39, 0.29) is 0 Å². The third-order valence-corrected chi connectivity index (χ3v) is 5.38. The average molecular weight is 326 g/mol. The van der Waals surface area contributed by atoms with Crippen molar-refractivity contribution in [2.24, 2.45) is 0 Å². The highest BCUT2D eigenvalue weighted by molar-refractivity contribution is 5.52. The standard InChI is InChI=1S/C18H25F3N2/c1-13-6-7-15(11-17(13)18(19,20)21)22-10-8-16(12-22)23-9-4-3-5-14(23)2/h6-7,11,14,16H,3-5,8-10,12H2,1-2H3/t14-,16-/m0/s1. The van der Waals surface area contributed by atoms with Gasteiger partial charge in [-0.15, -0.1) is 0 Å². The quantitative estimate of drug-likeness (QED) is 0.791. The van der Waals surface area contributed by atoms with Crippen molar-refractivity contribution in [3.8, 4) is 0 Å². The molecule has 5 heteroatoms. The van der Waals surface area contributed by atoms with E-state index in [1.54, 1.807) is 6.07 Å². The lowest BCUT2D eigenvalue weighted by Gasteiger charge is -2.38. The van der Waals surface area contributed by atoms with Crippen LogP contribution in [0.4, 0.5) is 18.9 Å². The van der Waals surface area contributed by atoms with Gasteiger partial charge in [0, 0.05) is 30.9 Å². The van der Waals surface area contributed by atoms with Crippen LogP contribution in [0.25, 0.3) is 0 Å². The van der Waals surface area contributed by atoms with Crippen molar-refractivity contribution in [3.63, 3.8) is 0 Å². The molecule has 0 spiro atoms. The van der Waals surface area contributed by atoms with E-state index in [4.69, 9.17) is 0 Å². The number of alkyl halides is 3. The topological polar surface area (TPSA) is 6.48 Å². The van der Waals surface area contributed by atoms with Crippen molar-refractivity contribution < 1.29 is 13.2 Å². The number of piperidine rings is 1. The molecule has 0 aliphatic carbocycles. The summed E-state index contributed by atoms with van der Waals surface area (Å²) in [6, 6.07) is 5.80. The van der Waals surface area contributed by atoms with E-state index in [9.17, 15) is 13.2 Å². The Morgan fingerprint density at radius 2 is 1.87 bits per heavy atom. The summed E-state index contributed by atoms with van der Waals surface area (Å²) in [5.74, 6) is 0. The number of hydrogen-bond donors (Lipinski definition) is 0. The summed E-state index contributed by atoms with van der Waals surface area (Å²) in [4.78, 5) is 4.67. The Hall–Kier alpha value is -1.23. The van der Waals surface area contributed by atoms with Gasteiger partial charge in [0.2, 0.25) is 0 Å². The molecule has 2 aliphatic heterocycles. The molecule has 0 unspecified atom stereocenters. The zero-order valence-electron chi connectivity index (χ0n) is 13.9. The van der Waals surface area contributed by atoms with Crippen LogP contribution < -0.4 is 4.90 Å². The Bertz CT molecular complexity index is 556. The molecule has 3 rings (SSSR count). The molecule has 0 bridgehead atoms. The lowest BCUT2D eigenvalue weighted by molar-refractivity contribution is -0.138. The van der Waals surface area contributed by atoms with Crippen LogP contribution in [-0.4, -0.2) is 36.6 Å². The molecule has 1 aromatic carbocycles. The van der Waals surface area contributed by atoms with Crippen LogP contribution in [0.2, 0.25) is 0 Å². The lowest BCUT2D eigenvalue weighted by Crippen LogP contribution is -2.46. The Morgan fingerprint density at radius 3 is 2.57 bits per heavy atom. The van der Waals surface area contributed by atoms with E-state index >= 15 is 0 Å². The van der Waals surface area contributed by atoms with Crippen LogP contribution in [0.3, 0.4) is 0 Å². The summed E-state index contributed by atoms with van der Waals surface area (Å²) in [6.45, 7) is 6.60. The van der Waals surface area contributed by atoms with Gasteiger partial charge >= 0.3 is 6.18 Å². The first-order chi connectivity index (χ1) is 10.9. The van der Waals surface area contributed by atoms with Gasteiger partial charge in [0.05, 0.1) is 5.56 Å². The number of hydrogen-bond acceptors (Lipinski definition) is 2. The van der Waals surface area contributed by atoms with Gasteiger partial charge in [-0.25, -0.2) is 0 Å². The summed E-state index contributed by atoms with van der Waals surface area (Å²) in [5, 5.41) is 0. The van der Waals surface area contributed by atoms with Gasteiger partial charge in [0.25, 0.3) is 0 Å². The number of anilines is 1. The molecule has 2 nitrogen and oxygen atoms in total. The van der Waals surface area contributed by atoms with Crippen LogP contribution in [-0.2, 0) is 6.18 Å². The van der Waals surface area contributed by atoms with Crippen LogP contribution in [0.15, 0.2) is 18.2 Å². The molecule has 0 radical (unpaired) electrons. The summed E-state index contributed by atoms with van der Waals surface area (Å²) >= 11 is 0. The van der Waals surface area contributed by atoms with E-state index < -0.39 is 11.7 Å². The van der Waals surface area contributed by atoms with E-state index in [0.29, 0.717) is 23.3 Å². The fourth-order valence-electron chi connectivity index (χ4n) is 4.02. The Kier molecular flexibility index (Phi) is 4.59. The summed E-state index contributed by atoms with van der Waals surface area (Å²) in [5.41, 5.74) is 0.488. The summed E-state index contributed by atoms with van der Waals surface area (Å²) in [7, 11) is 0. The molecule has 2 atom stereocenters. The van der Waals surface area contributed by atoms with Gasteiger partial charge in [-0.3, -0.25) is 4.90 Å². The number of nitrogens with zero attached hydrogens (tertiary/aromatic N) is 2. The molecule has 0 amide bonds. The third-order valence-electron chi connectivity index (χ3n) is 5.38. The van der Waals surface area contributed by atoms with Crippen molar-refractivity contribution in [2.45, 2.75) is 57.8 Å². The highest BCUT2D eigenvalue weighted by Gasteiger charge is 2.35. The minimum atomic E-state index is -4.28. The first kappa shape index (κ1) is 16.6. The maximum absolute atomic E-state index is 13.1. The molecule has 2 saturated heterocycles. The normalized spacial score (nSPS) is 26.7. The van der Waals surface area contributed by atoms with Gasteiger partial charge in [0.15, 0.2) is 0 Å². The number of likely N-dealkylation sites (tertiary alicyclic amines) is 1. The monoisotopic (exact) mass is 326 g/mol. The van der Waals surface area contributed by atoms with Crippen LogP contribution in [0.1, 0.15) is 43.7 Å². The first-order valence-electron chi connectivity index (χ1n) is 8.55. The molecule has 2 heterocycles. The lowest BCUT2D eigenvalue weighted by atomic mass is 10.0. The maximum atomic E-state index is 13.1. The Balaban J connectivity index is 1.74. The van der Waals surface area contributed by atoms with E-state index in [0.717, 1.165) is 26.1 Å². The van der Waals surface area contributed by atoms with Crippen molar-refractivity contribution in [1.29, 1.82) is 0 Å². The second kappa shape index (κ2) is 6.34. The molecule has 0 N–H and O–H groups in total. The first-order valence-corrected chi connectivity index (χ1v) is 8.55. The second-order valence-corrected chi connectivity index (χ2v) is 6.97. The molecule has 2 aliphatic rings. The maximum Gasteiger partial charge on any atom is 0.416 e. The Labute approximate surface area is 136 Å². The fourth-order valence-corrected chi connectivity index (χ4v) is 4.02. The molecular weight excluding hydrogens is 301 g/mol. The zero-order valence-corrected chi connectivity index (χ0v) is 13.9. The van der Waals surface area contributed by atoms with Gasteiger partial charge < -0.3 is 4.90 Å². The molecule has 0 saturated carbocycles. The van der Waals surface area contributed by atoms with Gasteiger partial charge in [-0.2, -0.15) is 13.2 Å². The average Bonchev–Trinajstić information content (AvgIpc) is 2.96. The highest BCUT2D eigenvalue weighted by Crippen LogP contribution is 2.35. The van der Waals surface area contributed by atoms with Gasteiger partial charge in [0.1, 0.15) is 0 Å². The number of rotatable bonds is 2. The fraction of sp³-hybridized carbons (Fsp3) is 0.667. The minimum Gasteiger partial charge on any atom is -0.370 e. The van der Waals surface area contributed by atoms with E-state index in [1.807, 2.05) is 6.07 Å². The molecule has 1 aromatic rings. The molecule has 128 valence electrons.